The Morgan fingerprint density at radius 1 is 1.15 bits per heavy atom. The van der Waals surface area contributed by atoms with Crippen LogP contribution in [0.25, 0.3) is 0 Å². The lowest BCUT2D eigenvalue weighted by atomic mass is 9.94. The van der Waals surface area contributed by atoms with Gasteiger partial charge in [-0.1, -0.05) is 6.58 Å². The van der Waals surface area contributed by atoms with Gasteiger partial charge in [-0.3, -0.25) is 14.5 Å². The molecule has 0 radical (unpaired) electrons. The standard InChI is InChI=1S/C24H36N4O5S/c1-6-21(29)26-20-17-23(2,3)28(24(20,4)5)34(31,32)19-9-7-18(8-10-19)22(30)25-11-12-27-13-15-33-16-14-27/h6-10,20H,1,11-17H2,2-5H3,(H,25,30)(H,26,29). The number of carbonyl (C=O) groups is 2. The Kier molecular flexibility index (Phi) is 7.86. The van der Waals surface area contributed by atoms with Crippen molar-refractivity contribution in [2.45, 2.75) is 56.1 Å². The molecule has 1 unspecified atom stereocenters. The Bertz CT molecular complexity index is 1010. The number of nitrogens with zero attached hydrogens (tertiary/aromatic N) is 2. The quantitative estimate of drug-likeness (QED) is 0.531. The van der Waals surface area contributed by atoms with Gasteiger partial charge in [0, 0.05) is 43.3 Å². The number of amides is 2. The molecule has 9 nitrogen and oxygen atoms in total. The molecule has 1 aromatic rings. The van der Waals surface area contributed by atoms with Crippen LogP contribution in [0.3, 0.4) is 0 Å². The molecule has 2 saturated heterocycles. The summed E-state index contributed by atoms with van der Waals surface area (Å²) in [6, 6.07) is 5.62. The molecule has 0 aromatic heterocycles. The fraction of sp³-hybridized carbons (Fsp3) is 0.583. The molecular weight excluding hydrogens is 456 g/mol. The molecule has 2 aliphatic heterocycles. The van der Waals surface area contributed by atoms with E-state index in [1.807, 2.05) is 27.7 Å². The van der Waals surface area contributed by atoms with Crippen molar-refractivity contribution in [2.75, 3.05) is 39.4 Å². The highest BCUT2D eigenvalue weighted by Crippen LogP contribution is 2.44. The third-order valence-corrected chi connectivity index (χ3v) is 8.92. The van der Waals surface area contributed by atoms with Crippen molar-refractivity contribution in [3.8, 4) is 0 Å². The second-order valence-corrected chi connectivity index (χ2v) is 11.7. The normalized spacial score (nSPS) is 22.8. The lowest BCUT2D eigenvalue weighted by molar-refractivity contribution is -0.117. The average molecular weight is 493 g/mol. The summed E-state index contributed by atoms with van der Waals surface area (Å²) in [5, 5.41) is 5.75. The second kappa shape index (κ2) is 10.2. The van der Waals surface area contributed by atoms with Crippen LogP contribution in [0.15, 0.2) is 41.8 Å². The van der Waals surface area contributed by atoms with Crippen molar-refractivity contribution >= 4 is 21.8 Å². The maximum absolute atomic E-state index is 13.7. The van der Waals surface area contributed by atoms with Crippen molar-refractivity contribution in [3.05, 3.63) is 42.5 Å². The van der Waals surface area contributed by atoms with Gasteiger partial charge in [0.1, 0.15) is 0 Å². The van der Waals surface area contributed by atoms with E-state index in [0.29, 0.717) is 31.7 Å². The predicted molar refractivity (Wildman–Crippen MR) is 130 cm³/mol. The first-order valence-corrected chi connectivity index (χ1v) is 13.0. The molecule has 2 amide bonds. The number of rotatable bonds is 8. The minimum atomic E-state index is -3.90. The third-order valence-electron chi connectivity index (χ3n) is 6.60. The van der Waals surface area contributed by atoms with E-state index in [2.05, 4.69) is 22.1 Å². The first-order chi connectivity index (χ1) is 15.9. The molecule has 2 N–H and O–H groups in total. The fourth-order valence-electron chi connectivity index (χ4n) is 4.99. The number of morpholine rings is 1. The van der Waals surface area contributed by atoms with E-state index in [4.69, 9.17) is 4.74 Å². The van der Waals surface area contributed by atoms with E-state index in [-0.39, 0.29) is 22.8 Å². The number of hydrogen-bond donors (Lipinski definition) is 2. The number of nitrogens with one attached hydrogen (secondary N) is 2. The molecule has 0 saturated carbocycles. The highest BCUT2D eigenvalue weighted by atomic mass is 32.2. The zero-order valence-corrected chi connectivity index (χ0v) is 21.3. The van der Waals surface area contributed by atoms with Gasteiger partial charge in [-0.25, -0.2) is 8.42 Å². The van der Waals surface area contributed by atoms with E-state index in [0.717, 1.165) is 19.6 Å². The van der Waals surface area contributed by atoms with Crippen molar-refractivity contribution < 1.29 is 22.7 Å². The Labute approximate surface area is 202 Å². The monoisotopic (exact) mass is 492 g/mol. The van der Waals surface area contributed by atoms with Gasteiger partial charge < -0.3 is 15.4 Å². The molecule has 0 spiro atoms. The van der Waals surface area contributed by atoms with Gasteiger partial charge in [-0.2, -0.15) is 4.31 Å². The van der Waals surface area contributed by atoms with Gasteiger partial charge in [-0.05, 0) is 64.5 Å². The van der Waals surface area contributed by atoms with Gasteiger partial charge in [-0.15, -0.1) is 0 Å². The van der Waals surface area contributed by atoms with E-state index in [1.165, 1.54) is 34.6 Å². The topological polar surface area (TPSA) is 108 Å². The van der Waals surface area contributed by atoms with Crippen LogP contribution < -0.4 is 10.6 Å². The van der Waals surface area contributed by atoms with Crippen molar-refractivity contribution in [1.82, 2.24) is 19.8 Å². The highest BCUT2D eigenvalue weighted by molar-refractivity contribution is 7.89. The summed E-state index contributed by atoms with van der Waals surface area (Å²) >= 11 is 0. The largest absolute Gasteiger partial charge is 0.379 e. The summed E-state index contributed by atoms with van der Waals surface area (Å²) in [5.74, 6) is -0.580. The summed E-state index contributed by atoms with van der Waals surface area (Å²) in [5.41, 5.74) is -1.19. The van der Waals surface area contributed by atoms with Crippen LogP contribution in [0.1, 0.15) is 44.5 Å². The first-order valence-electron chi connectivity index (χ1n) is 11.6. The van der Waals surface area contributed by atoms with Gasteiger partial charge in [0.15, 0.2) is 0 Å². The Hall–Kier alpha value is -2.27. The van der Waals surface area contributed by atoms with E-state index < -0.39 is 21.1 Å². The first kappa shape index (κ1) is 26.3. The van der Waals surface area contributed by atoms with Crippen molar-refractivity contribution in [3.63, 3.8) is 0 Å². The summed E-state index contributed by atoms with van der Waals surface area (Å²) in [6.45, 7) is 15.2. The SMILES string of the molecule is C=CC(=O)NC1CC(C)(C)N(S(=O)(=O)c2ccc(C(=O)NCCN3CCOCC3)cc2)C1(C)C. The zero-order valence-electron chi connectivity index (χ0n) is 20.5. The molecule has 2 aliphatic rings. The Balaban J connectivity index is 1.71. The molecule has 2 fully saturated rings. The third kappa shape index (κ3) is 5.51. The van der Waals surface area contributed by atoms with Crippen LogP contribution in [-0.4, -0.2) is 85.9 Å². The zero-order chi connectivity index (χ0) is 25.1. The molecule has 1 atom stereocenters. The summed E-state index contributed by atoms with van der Waals surface area (Å²) in [6.07, 6.45) is 1.65. The highest BCUT2D eigenvalue weighted by Gasteiger charge is 2.57. The maximum Gasteiger partial charge on any atom is 0.251 e. The van der Waals surface area contributed by atoms with E-state index >= 15 is 0 Å². The molecule has 3 rings (SSSR count). The van der Waals surface area contributed by atoms with Gasteiger partial charge in [0.05, 0.1) is 23.6 Å². The summed E-state index contributed by atoms with van der Waals surface area (Å²) in [4.78, 5) is 26.8. The smallest absolute Gasteiger partial charge is 0.251 e. The van der Waals surface area contributed by atoms with Crippen LogP contribution in [-0.2, 0) is 19.6 Å². The lowest BCUT2D eigenvalue weighted by Gasteiger charge is -2.40. The molecule has 188 valence electrons. The molecule has 2 heterocycles. The molecule has 1 aromatic carbocycles. The fourth-order valence-corrected chi connectivity index (χ4v) is 7.15. The van der Waals surface area contributed by atoms with Gasteiger partial charge >= 0.3 is 0 Å². The molecule has 34 heavy (non-hydrogen) atoms. The summed E-state index contributed by atoms with van der Waals surface area (Å²) < 4.78 is 34.1. The maximum atomic E-state index is 13.7. The van der Waals surface area contributed by atoms with Crippen LogP contribution in [0, 0.1) is 0 Å². The van der Waals surface area contributed by atoms with E-state index in [9.17, 15) is 18.0 Å². The summed E-state index contributed by atoms with van der Waals surface area (Å²) in [7, 11) is -3.90. The molecule has 10 heteroatoms. The number of benzene rings is 1. The Morgan fingerprint density at radius 2 is 1.76 bits per heavy atom. The average Bonchev–Trinajstić information content (AvgIpc) is 2.97. The number of sulfonamides is 1. The minimum absolute atomic E-state index is 0.106. The Morgan fingerprint density at radius 3 is 2.35 bits per heavy atom. The minimum Gasteiger partial charge on any atom is -0.379 e. The predicted octanol–water partition coefficient (Wildman–Crippen LogP) is 1.37. The molecule has 0 bridgehead atoms. The number of ether oxygens (including phenoxy) is 1. The van der Waals surface area contributed by atoms with E-state index in [1.54, 1.807) is 0 Å². The van der Waals surface area contributed by atoms with Crippen molar-refractivity contribution in [1.29, 1.82) is 0 Å². The van der Waals surface area contributed by atoms with Crippen LogP contribution in [0.5, 0.6) is 0 Å². The van der Waals surface area contributed by atoms with Crippen molar-refractivity contribution in [2.24, 2.45) is 0 Å². The van der Waals surface area contributed by atoms with Gasteiger partial charge in [0.25, 0.3) is 5.91 Å². The molecule has 0 aliphatic carbocycles. The van der Waals surface area contributed by atoms with Crippen LogP contribution in [0.2, 0.25) is 0 Å². The van der Waals surface area contributed by atoms with Crippen LogP contribution in [0.4, 0.5) is 0 Å². The second-order valence-electron chi connectivity index (χ2n) is 9.94. The molecular formula is C24H36N4O5S. The van der Waals surface area contributed by atoms with Gasteiger partial charge in [0.2, 0.25) is 15.9 Å². The lowest BCUT2D eigenvalue weighted by Crippen LogP contribution is -2.56. The number of carbonyl (C=O) groups excluding carboxylic acids is 2. The van der Waals surface area contributed by atoms with Crippen LogP contribution >= 0.6 is 0 Å². The number of hydrogen-bond acceptors (Lipinski definition) is 6.